The molecule has 0 aromatic heterocycles. The minimum absolute atomic E-state index is 0.0394. The summed E-state index contributed by atoms with van der Waals surface area (Å²) < 4.78 is 5.95. The van der Waals surface area contributed by atoms with Crippen molar-refractivity contribution in [1.29, 1.82) is 0 Å². The first-order chi connectivity index (χ1) is 13.0. The fraction of sp³-hybridized carbons (Fsp3) is 0.409. The third-order valence-corrected chi connectivity index (χ3v) is 4.61. The molecule has 2 aromatic rings. The van der Waals surface area contributed by atoms with E-state index in [1.807, 2.05) is 63.2 Å². The zero-order valence-corrected chi connectivity index (χ0v) is 16.4. The van der Waals surface area contributed by atoms with Crippen molar-refractivity contribution in [1.82, 2.24) is 4.90 Å². The van der Waals surface area contributed by atoms with Gasteiger partial charge in [0.15, 0.2) is 0 Å². The Bertz CT molecular complexity index is 768. The van der Waals surface area contributed by atoms with Gasteiger partial charge in [-0.1, -0.05) is 24.3 Å². The molecule has 3 rings (SSSR count). The van der Waals surface area contributed by atoms with E-state index in [2.05, 4.69) is 21.2 Å². The second-order valence-corrected chi connectivity index (χ2v) is 7.32. The van der Waals surface area contributed by atoms with Crippen LogP contribution in [-0.2, 0) is 4.79 Å². The highest BCUT2D eigenvalue weighted by molar-refractivity contribution is 5.92. The molecule has 1 fully saturated rings. The molecular weight excluding hydrogens is 338 g/mol. The molecule has 27 heavy (non-hydrogen) atoms. The molecule has 5 nitrogen and oxygen atoms in total. The van der Waals surface area contributed by atoms with Gasteiger partial charge in [0.05, 0.1) is 18.3 Å². The largest absolute Gasteiger partial charge is 0.489 e. The van der Waals surface area contributed by atoms with E-state index in [-0.39, 0.29) is 12.0 Å². The van der Waals surface area contributed by atoms with Gasteiger partial charge in [0.25, 0.3) is 0 Å². The lowest BCUT2D eigenvalue weighted by Gasteiger charge is -2.36. The molecule has 5 heteroatoms. The number of amides is 1. The molecule has 0 saturated carbocycles. The Morgan fingerprint density at radius 3 is 2.52 bits per heavy atom. The summed E-state index contributed by atoms with van der Waals surface area (Å²) in [5.74, 6) is 0.968. The summed E-state index contributed by atoms with van der Waals surface area (Å²) in [4.78, 5) is 16.9. The molecule has 0 atom stereocenters. The lowest BCUT2D eigenvalue weighted by Crippen LogP contribution is -2.48. The number of hydrogen-bond acceptors (Lipinski definition) is 4. The molecule has 1 aliphatic heterocycles. The van der Waals surface area contributed by atoms with Crippen LogP contribution < -0.4 is 15.0 Å². The standard InChI is InChI=1S/C22H29N3O2/c1-17(2)27-21-10-5-4-9-20(21)25-13-11-24(12-14-25)16-22(26)23-19-8-6-7-18(3)15-19/h4-10,15,17H,11-14,16H2,1-3H3,(H,23,26). The van der Waals surface area contributed by atoms with Crippen LogP contribution >= 0.6 is 0 Å². The van der Waals surface area contributed by atoms with Crippen molar-refractivity contribution in [2.75, 3.05) is 42.9 Å². The number of ether oxygens (including phenoxy) is 1. The number of carbonyl (C=O) groups excluding carboxylic acids is 1. The number of benzene rings is 2. The predicted molar refractivity (Wildman–Crippen MR) is 111 cm³/mol. The van der Waals surface area contributed by atoms with Crippen molar-refractivity contribution in [2.24, 2.45) is 0 Å². The van der Waals surface area contributed by atoms with Crippen molar-refractivity contribution in [3.8, 4) is 5.75 Å². The maximum Gasteiger partial charge on any atom is 0.238 e. The highest BCUT2D eigenvalue weighted by Crippen LogP contribution is 2.29. The molecular formula is C22H29N3O2. The third kappa shape index (κ3) is 5.47. The lowest BCUT2D eigenvalue weighted by atomic mass is 10.2. The normalized spacial score (nSPS) is 15.0. The molecule has 0 aliphatic carbocycles. The van der Waals surface area contributed by atoms with Crippen LogP contribution in [0.25, 0.3) is 0 Å². The summed E-state index contributed by atoms with van der Waals surface area (Å²) >= 11 is 0. The summed E-state index contributed by atoms with van der Waals surface area (Å²) in [5.41, 5.74) is 3.14. The van der Waals surface area contributed by atoms with E-state index in [0.29, 0.717) is 6.54 Å². The first kappa shape index (κ1) is 19.2. The third-order valence-electron chi connectivity index (χ3n) is 4.61. The van der Waals surface area contributed by atoms with Crippen LogP contribution in [0.1, 0.15) is 19.4 Å². The fourth-order valence-electron chi connectivity index (χ4n) is 3.35. The van der Waals surface area contributed by atoms with Gasteiger partial charge in [0.1, 0.15) is 5.75 Å². The Kier molecular flexibility index (Phi) is 6.35. The summed E-state index contributed by atoms with van der Waals surface area (Å²) in [7, 11) is 0. The molecule has 0 unspecified atom stereocenters. The number of carbonyl (C=O) groups is 1. The molecule has 1 aliphatic rings. The van der Waals surface area contributed by atoms with E-state index >= 15 is 0 Å². The van der Waals surface area contributed by atoms with Crippen LogP contribution in [0.4, 0.5) is 11.4 Å². The number of rotatable bonds is 6. The second-order valence-electron chi connectivity index (χ2n) is 7.32. The maximum atomic E-state index is 12.3. The van der Waals surface area contributed by atoms with Crippen LogP contribution in [0, 0.1) is 6.92 Å². The Hall–Kier alpha value is -2.53. The number of para-hydroxylation sites is 2. The number of anilines is 2. The Morgan fingerprint density at radius 1 is 1.07 bits per heavy atom. The van der Waals surface area contributed by atoms with Gasteiger partial charge in [-0.15, -0.1) is 0 Å². The smallest absolute Gasteiger partial charge is 0.238 e. The van der Waals surface area contributed by atoms with Gasteiger partial charge in [-0.2, -0.15) is 0 Å². The van der Waals surface area contributed by atoms with E-state index in [9.17, 15) is 4.79 Å². The van der Waals surface area contributed by atoms with E-state index in [0.717, 1.165) is 48.9 Å². The molecule has 1 N–H and O–H groups in total. The van der Waals surface area contributed by atoms with Gasteiger partial charge >= 0.3 is 0 Å². The molecule has 0 spiro atoms. The molecule has 144 valence electrons. The Balaban J connectivity index is 1.53. The van der Waals surface area contributed by atoms with Gasteiger partial charge in [0, 0.05) is 31.9 Å². The first-order valence-electron chi connectivity index (χ1n) is 9.61. The van der Waals surface area contributed by atoms with Crippen LogP contribution in [0.3, 0.4) is 0 Å². The van der Waals surface area contributed by atoms with Gasteiger partial charge < -0.3 is 15.0 Å². The monoisotopic (exact) mass is 367 g/mol. The summed E-state index contributed by atoms with van der Waals surface area (Å²) in [6, 6.07) is 16.1. The van der Waals surface area contributed by atoms with Crippen molar-refractivity contribution in [3.05, 3.63) is 54.1 Å². The molecule has 0 radical (unpaired) electrons. The van der Waals surface area contributed by atoms with Gasteiger partial charge in [-0.05, 0) is 50.6 Å². The average Bonchev–Trinajstić information content (AvgIpc) is 2.62. The summed E-state index contributed by atoms with van der Waals surface area (Å²) in [6.07, 6.45) is 0.151. The zero-order chi connectivity index (χ0) is 19.2. The van der Waals surface area contributed by atoms with Crippen LogP contribution in [0.5, 0.6) is 5.75 Å². The molecule has 1 amide bonds. The highest BCUT2D eigenvalue weighted by atomic mass is 16.5. The van der Waals surface area contributed by atoms with Crippen LogP contribution in [-0.4, -0.2) is 49.6 Å². The fourth-order valence-corrected chi connectivity index (χ4v) is 3.35. The minimum Gasteiger partial charge on any atom is -0.489 e. The quantitative estimate of drug-likeness (QED) is 0.848. The van der Waals surface area contributed by atoms with Crippen molar-refractivity contribution in [3.63, 3.8) is 0 Å². The Morgan fingerprint density at radius 2 is 1.81 bits per heavy atom. The first-order valence-corrected chi connectivity index (χ1v) is 9.61. The molecule has 2 aromatic carbocycles. The molecule has 1 heterocycles. The van der Waals surface area contributed by atoms with E-state index in [1.54, 1.807) is 0 Å². The highest BCUT2D eigenvalue weighted by Gasteiger charge is 2.21. The summed E-state index contributed by atoms with van der Waals surface area (Å²) in [5, 5.41) is 2.99. The van der Waals surface area contributed by atoms with Crippen LogP contribution in [0.15, 0.2) is 48.5 Å². The second kappa shape index (κ2) is 8.91. The van der Waals surface area contributed by atoms with Crippen molar-refractivity contribution >= 4 is 17.3 Å². The van der Waals surface area contributed by atoms with Gasteiger partial charge in [-0.3, -0.25) is 9.69 Å². The lowest BCUT2D eigenvalue weighted by molar-refractivity contribution is -0.117. The van der Waals surface area contributed by atoms with Gasteiger partial charge in [0.2, 0.25) is 5.91 Å². The van der Waals surface area contributed by atoms with E-state index in [4.69, 9.17) is 4.74 Å². The SMILES string of the molecule is Cc1cccc(NC(=O)CN2CCN(c3ccccc3OC(C)C)CC2)c1. The van der Waals surface area contributed by atoms with Crippen LogP contribution in [0.2, 0.25) is 0 Å². The van der Waals surface area contributed by atoms with Crippen molar-refractivity contribution in [2.45, 2.75) is 26.9 Å². The average molecular weight is 367 g/mol. The number of piperazine rings is 1. The topological polar surface area (TPSA) is 44.8 Å². The molecule has 1 saturated heterocycles. The summed E-state index contributed by atoms with van der Waals surface area (Å²) in [6.45, 7) is 10.0. The number of aryl methyl sites for hydroxylation is 1. The molecule has 0 bridgehead atoms. The van der Waals surface area contributed by atoms with E-state index in [1.165, 1.54) is 0 Å². The number of nitrogens with one attached hydrogen (secondary N) is 1. The maximum absolute atomic E-state index is 12.3. The Labute approximate surface area is 161 Å². The van der Waals surface area contributed by atoms with Crippen molar-refractivity contribution < 1.29 is 9.53 Å². The minimum atomic E-state index is 0.0394. The van der Waals surface area contributed by atoms with Gasteiger partial charge in [-0.25, -0.2) is 0 Å². The number of hydrogen-bond donors (Lipinski definition) is 1. The zero-order valence-electron chi connectivity index (χ0n) is 16.4. The number of nitrogens with zero attached hydrogens (tertiary/aromatic N) is 2. The predicted octanol–water partition coefficient (Wildman–Crippen LogP) is 3.54. The van der Waals surface area contributed by atoms with E-state index < -0.39 is 0 Å².